The number of rotatable bonds is 2. The summed E-state index contributed by atoms with van der Waals surface area (Å²) in [6.45, 7) is 1.97. The molecular weight excluding hydrogens is 217 g/mol. The van der Waals surface area contributed by atoms with Crippen LogP contribution in [0.1, 0.15) is 11.1 Å². The van der Waals surface area contributed by atoms with Crippen LogP contribution in [0.15, 0.2) is 42.5 Å². The topological polar surface area (TPSA) is 33.0 Å². The minimum atomic E-state index is -0.480. The molecule has 0 N–H and O–H groups in total. The molecular formula is C14H10FNO. The van der Waals surface area contributed by atoms with Crippen molar-refractivity contribution in [2.45, 2.75) is 6.92 Å². The minimum absolute atomic E-state index is 0.243. The van der Waals surface area contributed by atoms with Gasteiger partial charge in [0.05, 0.1) is 11.6 Å². The summed E-state index contributed by atoms with van der Waals surface area (Å²) < 4.78 is 18.6. The maximum Gasteiger partial charge on any atom is 0.131 e. The summed E-state index contributed by atoms with van der Waals surface area (Å²) in [5, 5.41) is 8.72. The van der Waals surface area contributed by atoms with Gasteiger partial charge in [-0.25, -0.2) is 4.39 Å². The molecule has 0 spiro atoms. The van der Waals surface area contributed by atoms with Gasteiger partial charge in [-0.3, -0.25) is 0 Å². The van der Waals surface area contributed by atoms with Crippen molar-refractivity contribution in [3.63, 3.8) is 0 Å². The Morgan fingerprint density at radius 3 is 2.41 bits per heavy atom. The fraction of sp³-hybridized carbons (Fsp3) is 0.0714. The van der Waals surface area contributed by atoms with E-state index in [2.05, 4.69) is 0 Å². The van der Waals surface area contributed by atoms with E-state index in [-0.39, 0.29) is 5.56 Å². The first-order valence-corrected chi connectivity index (χ1v) is 5.12. The lowest BCUT2D eigenvalue weighted by Gasteiger charge is -2.06. The van der Waals surface area contributed by atoms with E-state index in [1.165, 1.54) is 18.2 Å². The highest BCUT2D eigenvalue weighted by Crippen LogP contribution is 2.23. The van der Waals surface area contributed by atoms with Crippen LogP contribution < -0.4 is 4.74 Å². The fourth-order valence-corrected chi connectivity index (χ4v) is 1.43. The predicted molar refractivity (Wildman–Crippen MR) is 62.4 cm³/mol. The summed E-state index contributed by atoms with van der Waals surface area (Å²) in [7, 11) is 0. The normalized spacial score (nSPS) is 9.71. The Morgan fingerprint density at radius 2 is 1.76 bits per heavy atom. The lowest BCUT2D eigenvalue weighted by molar-refractivity contribution is 0.476. The molecule has 0 unspecified atom stereocenters. The van der Waals surface area contributed by atoms with Crippen LogP contribution in [0.4, 0.5) is 4.39 Å². The van der Waals surface area contributed by atoms with Crippen molar-refractivity contribution in [1.82, 2.24) is 0 Å². The fourth-order valence-electron chi connectivity index (χ4n) is 1.43. The molecule has 0 radical (unpaired) electrons. The van der Waals surface area contributed by atoms with Gasteiger partial charge in [-0.1, -0.05) is 17.7 Å². The highest BCUT2D eigenvalue weighted by molar-refractivity contribution is 5.39. The second-order valence-electron chi connectivity index (χ2n) is 3.70. The molecule has 0 aliphatic rings. The molecule has 0 aliphatic heterocycles. The monoisotopic (exact) mass is 227 g/mol. The van der Waals surface area contributed by atoms with Crippen LogP contribution in [0.5, 0.6) is 11.5 Å². The summed E-state index contributed by atoms with van der Waals surface area (Å²) in [5.74, 6) is 0.460. The number of halogens is 1. The standard InChI is InChI=1S/C14H10FNO/c1-10-2-4-13(5-3-10)17-14-7-11(9-16)6-12(15)8-14/h2-8H,1H3. The van der Waals surface area contributed by atoms with Gasteiger partial charge in [0.25, 0.3) is 0 Å². The van der Waals surface area contributed by atoms with E-state index in [9.17, 15) is 4.39 Å². The molecule has 0 aromatic heterocycles. The van der Waals surface area contributed by atoms with Crippen molar-refractivity contribution in [2.75, 3.05) is 0 Å². The number of hydrogen-bond acceptors (Lipinski definition) is 2. The first-order chi connectivity index (χ1) is 8.17. The largest absolute Gasteiger partial charge is 0.457 e. The first kappa shape index (κ1) is 11.2. The summed E-state index contributed by atoms with van der Waals surface area (Å²) in [5.41, 5.74) is 1.36. The molecule has 2 aromatic rings. The Hall–Kier alpha value is -2.34. The Bertz CT molecular complexity index is 570. The maximum absolute atomic E-state index is 13.2. The highest BCUT2D eigenvalue weighted by Gasteiger charge is 2.02. The molecule has 2 rings (SSSR count). The molecule has 0 saturated heterocycles. The summed E-state index contributed by atoms with van der Waals surface area (Å²) in [6, 6.07) is 13.2. The van der Waals surface area contributed by atoms with E-state index in [0.717, 1.165) is 5.56 Å². The summed E-state index contributed by atoms with van der Waals surface area (Å²) in [6.07, 6.45) is 0. The third-order valence-electron chi connectivity index (χ3n) is 2.26. The van der Waals surface area contributed by atoms with Gasteiger partial charge in [0, 0.05) is 6.07 Å². The lowest BCUT2D eigenvalue weighted by Crippen LogP contribution is -1.87. The number of nitriles is 1. The van der Waals surface area contributed by atoms with Crippen LogP contribution in [0.2, 0.25) is 0 Å². The maximum atomic E-state index is 13.2. The molecule has 0 atom stereocenters. The zero-order valence-electron chi connectivity index (χ0n) is 9.27. The molecule has 84 valence electrons. The number of aryl methyl sites for hydroxylation is 1. The second kappa shape index (κ2) is 4.67. The van der Waals surface area contributed by atoms with Gasteiger partial charge in [0.15, 0.2) is 0 Å². The number of hydrogen-bond donors (Lipinski definition) is 0. The minimum Gasteiger partial charge on any atom is -0.457 e. The van der Waals surface area contributed by atoms with Gasteiger partial charge in [-0.15, -0.1) is 0 Å². The van der Waals surface area contributed by atoms with Gasteiger partial charge < -0.3 is 4.74 Å². The Kier molecular flexibility index (Phi) is 3.06. The van der Waals surface area contributed by atoms with Crippen molar-refractivity contribution in [3.05, 3.63) is 59.4 Å². The van der Waals surface area contributed by atoms with E-state index >= 15 is 0 Å². The van der Waals surface area contributed by atoms with E-state index in [1.807, 2.05) is 25.1 Å². The average Bonchev–Trinajstić information content (AvgIpc) is 2.31. The quantitative estimate of drug-likeness (QED) is 0.781. The Labute approximate surface area is 98.9 Å². The first-order valence-electron chi connectivity index (χ1n) is 5.12. The number of benzene rings is 2. The van der Waals surface area contributed by atoms with Gasteiger partial charge in [0.2, 0.25) is 0 Å². The van der Waals surface area contributed by atoms with E-state index in [0.29, 0.717) is 11.5 Å². The number of ether oxygens (including phenoxy) is 1. The summed E-state index contributed by atoms with van der Waals surface area (Å²) >= 11 is 0. The summed E-state index contributed by atoms with van der Waals surface area (Å²) in [4.78, 5) is 0. The van der Waals surface area contributed by atoms with Gasteiger partial charge in [-0.2, -0.15) is 5.26 Å². The third kappa shape index (κ3) is 2.82. The highest BCUT2D eigenvalue weighted by atomic mass is 19.1. The van der Waals surface area contributed by atoms with Crippen LogP contribution in [-0.2, 0) is 0 Å². The molecule has 17 heavy (non-hydrogen) atoms. The molecule has 0 amide bonds. The van der Waals surface area contributed by atoms with Crippen LogP contribution in [0.3, 0.4) is 0 Å². The van der Waals surface area contributed by atoms with E-state index in [1.54, 1.807) is 12.1 Å². The van der Waals surface area contributed by atoms with E-state index in [4.69, 9.17) is 10.00 Å². The van der Waals surface area contributed by atoms with Crippen molar-refractivity contribution >= 4 is 0 Å². The zero-order valence-corrected chi connectivity index (χ0v) is 9.27. The second-order valence-corrected chi connectivity index (χ2v) is 3.70. The average molecular weight is 227 g/mol. The molecule has 0 saturated carbocycles. The lowest BCUT2D eigenvalue weighted by atomic mass is 10.2. The molecule has 0 heterocycles. The SMILES string of the molecule is Cc1ccc(Oc2cc(F)cc(C#N)c2)cc1. The molecule has 2 nitrogen and oxygen atoms in total. The van der Waals surface area contributed by atoms with Gasteiger partial charge in [-0.05, 0) is 31.2 Å². The van der Waals surface area contributed by atoms with Gasteiger partial charge >= 0.3 is 0 Å². The smallest absolute Gasteiger partial charge is 0.131 e. The van der Waals surface area contributed by atoms with Crippen molar-refractivity contribution in [2.24, 2.45) is 0 Å². The van der Waals surface area contributed by atoms with Crippen molar-refractivity contribution < 1.29 is 9.13 Å². The third-order valence-corrected chi connectivity index (χ3v) is 2.26. The Balaban J connectivity index is 2.27. The van der Waals surface area contributed by atoms with Crippen molar-refractivity contribution in [3.8, 4) is 17.6 Å². The van der Waals surface area contributed by atoms with E-state index < -0.39 is 5.82 Å². The van der Waals surface area contributed by atoms with Crippen LogP contribution in [-0.4, -0.2) is 0 Å². The van der Waals surface area contributed by atoms with Crippen LogP contribution in [0.25, 0.3) is 0 Å². The molecule has 0 fully saturated rings. The molecule has 0 bridgehead atoms. The Morgan fingerprint density at radius 1 is 1.06 bits per heavy atom. The molecule has 3 heteroatoms. The van der Waals surface area contributed by atoms with Crippen LogP contribution in [0, 0.1) is 24.1 Å². The van der Waals surface area contributed by atoms with Gasteiger partial charge in [0.1, 0.15) is 17.3 Å². The van der Waals surface area contributed by atoms with Crippen LogP contribution >= 0.6 is 0 Å². The number of nitrogens with zero attached hydrogens (tertiary/aromatic N) is 1. The zero-order chi connectivity index (χ0) is 12.3. The van der Waals surface area contributed by atoms with Crippen molar-refractivity contribution in [1.29, 1.82) is 5.26 Å². The molecule has 2 aromatic carbocycles. The molecule has 0 aliphatic carbocycles. The predicted octanol–water partition coefficient (Wildman–Crippen LogP) is 3.80.